The Balaban J connectivity index is 2.39. The van der Waals surface area contributed by atoms with E-state index in [1.807, 2.05) is 4.90 Å². The molecule has 1 saturated heterocycles. The SMILES string of the molecule is NC(=O)C1CCCN1c1nnccc1C(N)=S. The van der Waals surface area contributed by atoms with Gasteiger partial charge in [0.05, 0.1) is 11.8 Å². The molecule has 1 unspecified atom stereocenters. The molecule has 1 atom stereocenters. The van der Waals surface area contributed by atoms with Gasteiger partial charge in [-0.05, 0) is 18.9 Å². The van der Waals surface area contributed by atoms with Gasteiger partial charge in [0.25, 0.3) is 0 Å². The molecule has 2 heterocycles. The van der Waals surface area contributed by atoms with Crippen LogP contribution in [0.3, 0.4) is 0 Å². The maximum atomic E-state index is 11.3. The molecule has 0 saturated carbocycles. The number of nitrogens with zero attached hydrogens (tertiary/aromatic N) is 3. The topological polar surface area (TPSA) is 98.1 Å². The van der Waals surface area contributed by atoms with Gasteiger partial charge < -0.3 is 16.4 Å². The summed E-state index contributed by atoms with van der Waals surface area (Å²) < 4.78 is 0. The van der Waals surface area contributed by atoms with Gasteiger partial charge in [0.2, 0.25) is 5.91 Å². The molecule has 0 aliphatic carbocycles. The van der Waals surface area contributed by atoms with Crippen molar-refractivity contribution in [1.82, 2.24) is 10.2 Å². The van der Waals surface area contributed by atoms with Crippen molar-refractivity contribution in [3.05, 3.63) is 17.8 Å². The zero-order chi connectivity index (χ0) is 12.4. The van der Waals surface area contributed by atoms with Crippen molar-refractivity contribution in [2.45, 2.75) is 18.9 Å². The Morgan fingerprint density at radius 1 is 1.53 bits per heavy atom. The summed E-state index contributed by atoms with van der Waals surface area (Å²) in [6.07, 6.45) is 3.14. The summed E-state index contributed by atoms with van der Waals surface area (Å²) in [5.41, 5.74) is 11.6. The molecule has 2 rings (SSSR count). The molecule has 6 nitrogen and oxygen atoms in total. The van der Waals surface area contributed by atoms with E-state index < -0.39 is 0 Å². The molecule has 0 spiro atoms. The van der Waals surface area contributed by atoms with Crippen molar-refractivity contribution in [2.75, 3.05) is 11.4 Å². The first kappa shape index (κ1) is 11.7. The standard InChI is InChI=1S/C10H13N5OS/c11-8(16)7-2-1-5-15(7)10-6(9(12)17)3-4-13-14-10/h3-4,7H,1-2,5H2,(H2,11,16)(H2,12,17). The summed E-state index contributed by atoms with van der Waals surface area (Å²) in [7, 11) is 0. The van der Waals surface area contributed by atoms with E-state index in [1.165, 1.54) is 6.20 Å². The van der Waals surface area contributed by atoms with Gasteiger partial charge in [-0.3, -0.25) is 4.79 Å². The molecule has 0 radical (unpaired) electrons. The summed E-state index contributed by atoms with van der Waals surface area (Å²) >= 11 is 4.96. The van der Waals surface area contributed by atoms with Gasteiger partial charge in [-0.15, -0.1) is 5.10 Å². The normalized spacial score (nSPS) is 19.3. The molecule has 4 N–H and O–H groups in total. The number of primary amides is 1. The maximum Gasteiger partial charge on any atom is 0.240 e. The number of hydrogen-bond acceptors (Lipinski definition) is 5. The van der Waals surface area contributed by atoms with E-state index >= 15 is 0 Å². The zero-order valence-corrected chi connectivity index (χ0v) is 9.98. The highest BCUT2D eigenvalue weighted by Crippen LogP contribution is 2.25. The fourth-order valence-electron chi connectivity index (χ4n) is 2.04. The summed E-state index contributed by atoms with van der Waals surface area (Å²) in [6, 6.07) is 1.35. The van der Waals surface area contributed by atoms with Crippen LogP contribution in [0.4, 0.5) is 5.82 Å². The second kappa shape index (κ2) is 4.62. The number of amides is 1. The fourth-order valence-corrected chi connectivity index (χ4v) is 2.20. The van der Waals surface area contributed by atoms with Crippen LogP contribution in [0.2, 0.25) is 0 Å². The third-order valence-corrected chi connectivity index (χ3v) is 3.04. The monoisotopic (exact) mass is 251 g/mol. The molecule has 0 bridgehead atoms. The minimum Gasteiger partial charge on any atom is -0.389 e. The number of carbonyl (C=O) groups is 1. The van der Waals surface area contributed by atoms with Crippen molar-refractivity contribution in [3.8, 4) is 0 Å². The van der Waals surface area contributed by atoms with Gasteiger partial charge >= 0.3 is 0 Å². The molecule has 1 aliphatic heterocycles. The van der Waals surface area contributed by atoms with Gasteiger partial charge in [-0.2, -0.15) is 5.10 Å². The summed E-state index contributed by atoms with van der Waals surface area (Å²) in [4.78, 5) is 13.4. The van der Waals surface area contributed by atoms with E-state index in [-0.39, 0.29) is 16.9 Å². The molecule has 1 amide bonds. The largest absolute Gasteiger partial charge is 0.389 e. The van der Waals surface area contributed by atoms with Crippen molar-refractivity contribution in [2.24, 2.45) is 11.5 Å². The molecule has 7 heteroatoms. The number of aromatic nitrogens is 2. The van der Waals surface area contributed by atoms with Crippen LogP contribution >= 0.6 is 12.2 Å². The molecule has 1 aromatic rings. The maximum absolute atomic E-state index is 11.3. The first-order chi connectivity index (χ1) is 8.11. The average Bonchev–Trinajstić information content (AvgIpc) is 2.77. The average molecular weight is 251 g/mol. The fraction of sp³-hybridized carbons (Fsp3) is 0.400. The number of rotatable bonds is 3. The lowest BCUT2D eigenvalue weighted by Gasteiger charge is -2.24. The summed E-state index contributed by atoms with van der Waals surface area (Å²) in [6.45, 7) is 0.710. The Morgan fingerprint density at radius 2 is 2.29 bits per heavy atom. The number of hydrogen-bond donors (Lipinski definition) is 2. The second-order valence-electron chi connectivity index (χ2n) is 3.89. The second-order valence-corrected chi connectivity index (χ2v) is 4.33. The Bertz CT molecular complexity index is 464. The Kier molecular flexibility index (Phi) is 3.19. The molecule has 1 fully saturated rings. The molecule has 17 heavy (non-hydrogen) atoms. The van der Waals surface area contributed by atoms with Crippen molar-refractivity contribution >= 4 is 28.9 Å². The van der Waals surface area contributed by atoms with Crippen molar-refractivity contribution in [1.29, 1.82) is 0 Å². The number of anilines is 1. The van der Waals surface area contributed by atoms with E-state index in [9.17, 15) is 4.79 Å². The lowest BCUT2D eigenvalue weighted by atomic mass is 10.2. The summed E-state index contributed by atoms with van der Waals surface area (Å²) in [5, 5.41) is 7.82. The predicted molar refractivity (Wildman–Crippen MR) is 67.5 cm³/mol. The molecule has 90 valence electrons. The van der Waals surface area contributed by atoms with E-state index in [0.29, 0.717) is 17.9 Å². The minimum atomic E-state index is -0.359. The van der Waals surface area contributed by atoms with Crippen molar-refractivity contribution in [3.63, 3.8) is 0 Å². The quantitative estimate of drug-likeness (QED) is 0.707. The van der Waals surface area contributed by atoms with Crippen molar-refractivity contribution < 1.29 is 4.79 Å². The van der Waals surface area contributed by atoms with Gasteiger partial charge in [0.15, 0.2) is 5.82 Å². The molecule has 1 aliphatic rings. The number of thiocarbonyl (C=S) groups is 1. The Morgan fingerprint density at radius 3 is 2.94 bits per heavy atom. The number of carbonyl (C=O) groups excluding carboxylic acids is 1. The van der Waals surface area contributed by atoms with Gasteiger partial charge in [0.1, 0.15) is 11.0 Å². The molecular weight excluding hydrogens is 238 g/mol. The van der Waals surface area contributed by atoms with Gasteiger partial charge in [-0.1, -0.05) is 12.2 Å². The van der Waals surface area contributed by atoms with Crippen LogP contribution in [0.1, 0.15) is 18.4 Å². The summed E-state index contributed by atoms with van der Waals surface area (Å²) in [5.74, 6) is 0.184. The molecule has 0 aromatic carbocycles. The number of nitrogens with two attached hydrogens (primary N) is 2. The highest BCUT2D eigenvalue weighted by molar-refractivity contribution is 7.80. The van der Waals surface area contributed by atoms with Crippen LogP contribution in [0, 0.1) is 0 Å². The van der Waals surface area contributed by atoms with Crippen LogP contribution < -0.4 is 16.4 Å². The van der Waals surface area contributed by atoms with Crippen LogP contribution in [0.15, 0.2) is 12.3 Å². The van der Waals surface area contributed by atoms with Crippen LogP contribution in [-0.4, -0.2) is 33.7 Å². The zero-order valence-electron chi connectivity index (χ0n) is 9.17. The van der Waals surface area contributed by atoms with Crippen LogP contribution in [-0.2, 0) is 4.79 Å². The first-order valence-electron chi connectivity index (χ1n) is 5.28. The van der Waals surface area contributed by atoms with Crippen LogP contribution in [0.25, 0.3) is 0 Å². The lowest BCUT2D eigenvalue weighted by Crippen LogP contribution is -2.41. The van der Waals surface area contributed by atoms with Crippen LogP contribution in [0.5, 0.6) is 0 Å². The third-order valence-electron chi connectivity index (χ3n) is 2.82. The predicted octanol–water partition coefficient (Wildman–Crippen LogP) is -0.435. The Hall–Kier alpha value is -1.76. The highest BCUT2D eigenvalue weighted by atomic mass is 32.1. The minimum absolute atomic E-state index is 0.241. The van der Waals surface area contributed by atoms with E-state index in [1.54, 1.807) is 6.07 Å². The molecular formula is C10H13N5OS. The Labute approximate surface area is 104 Å². The smallest absolute Gasteiger partial charge is 0.240 e. The molecule has 1 aromatic heterocycles. The van der Waals surface area contributed by atoms with E-state index in [0.717, 1.165) is 12.8 Å². The van der Waals surface area contributed by atoms with E-state index in [4.69, 9.17) is 23.7 Å². The van der Waals surface area contributed by atoms with E-state index in [2.05, 4.69) is 10.2 Å². The third kappa shape index (κ3) is 2.19. The van der Waals surface area contributed by atoms with Gasteiger partial charge in [0, 0.05) is 6.54 Å². The lowest BCUT2D eigenvalue weighted by molar-refractivity contribution is -0.119. The van der Waals surface area contributed by atoms with Gasteiger partial charge in [-0.25, -0.2) is 0 Å². The highest BCUT2D eigenvalue weighted by Gasteiger charge is 2.31. The first-order valence-corrected chi connectivity index (χ1v) is 5.69.